The van der Waals surface area contributed by atoms with Gasteiger partial charge in [0.1, 0.15) is 12.6 Å². The van der Waals surface area contributed by atoms with Gasteiger partial charge in [0.15, 0.2) is 6.10 Å². The van der Waals surface area contributed by atoms with Gasteiger partial charge in [-0.25, -0.2) is 0 Å². The summed E-state index contributed by atoms with van der Waals surface area (Å²) in [6, 6.07) is 14.8. The Morgan fingerprint density at radius 1 is 1.06 bits per heavy atom. The van der Waals surface area contributed by atoms with Crippen molar-refractivity contribution in [3.8, 4) is 0 Å². The SMILES string of the molecule is CN1c2ccccc2N(CC(N)=O)C(=O)[C@H](NC(=O)[C@@H]2CCC(=O)O2)[C@H]1c1ccccc1. The number of para-hydroxylation sites is 2. The zero-order chi connectivity index (χ0) is 22.8. The van der Waals surface area contributed by atoms with Crippen LogP contribution in [0.5, 0.6) is 0 Å². The third kappa shape index (κ3) is 4.01. The molecule has 9 heteroatoms. The first kappa shape index (κ1) is 21.4. The van der Waals surface area contributed by atoms with Crippen LogP contribution < -0.4 is 20.9 Å². The van der Waals surface area contributed by atoms with Crippen LogP contribution in [0.4, 0.5) is 11.4 Å². The lowest BCUT2D eigenvalue weighted by Gasteiger charge is -2.34. The third-order valence-corrected chi connectivity index (χ3v) is 5.75. The molecule has 2 heterocycles. The van der Waals surface area contributed by atoms with Crippen molar-refractivity contribution in [1.82, 2.24) is 5.32 Å². The molecule has 1 fully saturated rings. The number of rotatable bonds is 5. The van der Waals surface area contributed by atoms with Gasteiger partial charge in [0.25, 0.3) is 11.8 Å². The molecule has 0 saturated carbocycles. The minimum atomic E-state index is -1.05. The number of hydrogen-bond acceptors (Lipinski definition) is 6. The van der Waals surface area contributed by atoms with Crippen molar-refractivity contribution in [3.05, 3.63) is 60.2 Å². The number of amides is 3. The summed E-state index contributed by atoms with van der Waals surface area (Å²) >= 11 is 0. The summed E-state index contributed by atoms with van der Waals surface area (Å²) in [5, 5.41) is 2.79. The molecule has 0 bridgehead atoms. The van der Waals surface area contributed by atoms with Gasteiger partial charge in [0.05, 0.1) is 17.4 Å². The molecule has 1 saturated heterocycles. The van der Waals surface area contributed by atoms with Gasteiger partial charge < -0.3 is 20.7 Å². The number of cyclic esters (lactones) is 1. The average Bonchev–Trinajstić information content (AvgIpc) is 3.20. The number of esters is 1. The van der Waals surface area contributed by atoms with Gasteiger partial charge in [0, 0.05) is 19.9 Å². The Hall–Kier alpha value is -3.88. The predicted molar refractivity (Wildman–Crippen MR) is 117 cm³/mol. The molecule has 2 aliphatic heterocycles. The molecule has 2 aromatic carbocycles. The molecular formula is C23H24N4O5. The number of carbonyl (C=O) groups excluding carboxylic acids is 4. The van der Waals surface area contributed by atoms with E-state index in [1.807, 2.05) is 54.4 Å². The summed E-state index contributed by atoms with van der Waals surface area (Å²) in [4.78, 5) is 53.2. The number of ether oxygens (including phenoxy) is 1. The van der Waals surface area contributed by atoms with Crippen molar-refractivity contribution in [2.24, 2.45) is 5.73 Å². The topological polar surface area (TPSA) is 122 Å². The Balaban J connectivity index is 1.80. The van der Waals surface area contributed by atoms with Crippen LogP contribution in [0.2, 0.25) is 0 Å². The van der Waals surface area contributed by atoms with Crippen molar-refractivity contribution in [2.45, 2.75) is 31.0 Å². The number of hydrogen-bond donors (Lipinski definition) is 2. The second-order valence-electron chi connectivity index (χ2n) is 7.85. The smallest absolute Gasteiger partial charge is 0.306 e. The first-order chi connectivity index (χ1) is 15.4. The zero-order valence-electron chi connectivity index (χ0n) is 17.6. The minimum absolute atomic E-state index is 0.151. The molecule has 3 N–H and O–H groups in total. The molecule has 3 amide bonds. The highest BCUT2D eigenvalue weighted by atomic mass is 16.6. The standard InChI is InChI=1S/C23H24N4O5/c1-26-15-9-5-6-10-16(15)27(13-18(24)28)23(31)20(21(26)14-7-3-2-4-8-14)25-22(30)17-11-12-19(29)32-17/h2-10,17,20-21H,11-13H2,1H3,(H2,24,28)(H,25,30)/t17-,20+,21+/m0/s1. The third-order valence-electron chi connectivity index (χ3n) is 5.75. The van der Waals surface area contributed by atoms with Crippen LogP contribution in [0.15, 0.2) is 54.6 Å². The van der Waals surface area contributed by atoms with Gasteiger partial charge in [-0.05, 0) is 17.7 Å². The number of likely N-dealkylation sites (N-methyl/N-ethyl adjacent to an activating group) is 1. The quantitative estimate of drug-likeness (QED) is 0.671. The van der Waals surface area contributed by atoms with Crippen LogP contribution >= 0.6 is 0 Å². The van der Waals surface area contributed by atoms with Gasteiger partial charge in [-0.3, -0.25) is 24.1 Å². The maximum Gasteiger partial charge on any atom is 0.306 e. The lowest BCUT2D eigenvalue weighted by molar-refractivity contribution is -0.148. The molecule has 166 valence electrons. The lowest BCUT2D eigenvalue weighted by Crippen LogP contribution is -2.56. The van der Waals surface area contributed by atoms with Crippen LogP contribution in [-0.2, 0) is 23.9 Å². The monoisotopic (exact) mass is 436 g/mol. The summed E-state index contributed by atoms with van der Waals surface area (Å²) < 4.78 is 5.09. The molecule has 0 aliphatic carbocycles. The van der Waals surface area contributed by atoms with E-state index in [0.717, 1.165) is 5.56 Å². The molecule has 32 heavy (non-hydrogen) atoms. The summed E-state index contributed by atoms with van der Waals surface area (Å²) in [7, 11) is 1.83. The fraction of sp³-hybridized carbons (Fsp3) is 0.304. The van der Waals surface area contributed by atoms with E-state index in [1.54, 1.807) is 12.1 Å². The zero-order valence-corrected chi connectivity index (χ0v) is 17.6. The van der Waals surface area contributed by atoms with Crippen LogP contribution in [0, 0.1) is 0 Å². The van der Waals surface area contributed by atoms with Crippen LogP contribution in [0.1, 0.15) is 24.4 Å². The highest BCUT2D eigenvalue weighted by Gasteiger charge is 2.43. The summed E-state index contributed by atoms with van der Waals surface area (Å²) in [6.07, 6.45) is -0.548. The summed E-state index contributed by atoms with van der Waals surface area (Å²) in [5.41, 5.74) is 7.47. The van der Waals surface area contributed by atoms with E-state index in [1.165, 1.54) is 4.90 Å². The number of nitrogens with one attached hydrogen (secondary N) is 1. The fourth-order valence-electron chi connectivity index (χ4n) is 4.27. The highest BCUT2D eigenvalue weighted by Crippen LogP contribution is 2.39. The van der Waals surface area contributed by atoms with Crippen molar-refractivity contribution in [2.75, 3.05) is 23.4 Å². The number of carbonyl (C=O) groups is 4. The number of primary amides is 1. The molecule has 0 spiro atoms. The number of fused-ring (bicyclic) bond motifs is 1. The highest BCUT2D eigenvalue weighted by molar-refractivity contribution is 6.07. The van der Waals surface area contributed by atoms with E-state index in [9.17, 15) is 19.2 Å². The number of nitrogens with two attached hydrogens (primary N) is 1. The molecule has 2 aliphatic rings. The van der Waals surface area contributed by atoms with Crippen molar-refractivity contribution < 1.29 is 23.9 Å². The van der Waals surface area contributed by atoms with Crippen molar-refractivity contribution >= 4 is 35.1 Å². The second kappa shape index (κ2) is 8.70. The normalized spacial score (nSPS) is 22.7. The number of benzene rings is 2. The fourth-order valence-corrected chi connectivity index (χ4v) is 4.27. The predicted octanol–water partition coefficient (Wildman–Crippen LogP) is 0.886. The number of nitrogens with zero attached hydrogens (tertiary/aromatic N) is 2. The van der Waals surface area contributed by atoms with Gasteiger partial charge >= 0.3 is 5.97 Å². The Morgan fingerprint density at radius 2 is 1.72 bits per heavy atom. The van der Waals surface area contributed by atoms with E-state index < -0.39 is 41.9 Å². The molecular weight excluding hydrogens is 412 g/mol. The Kier molecular flexibility index (Phi) is 5.81. The molecule has 2 aromatic rings. The van der Waals surface area contributed by atoms with Gasteiger partial charge in [-0.1, -0.05) is 42.5 Å². The molecule has 0 radical (unpaired) electrons. The summed E-state index contributed by atoms with van der Waals surface area (Å²) in [5.74, 6) is -2.15. The maximum atomic E-state index is 13.8. The molecule has 9 nitrogen and oxygen atoms in total. The molecule has 0 unspecified atom stereocenters. The molecule has 0 aromatic heterocycles. The first-order valence-corrected chi connectivity index (χ1v) is 10.3. The maximum absolute atomic E-state index is 13.8. The first-order valence-electron chi connectivity index (χ1n) is 10.3. The average molecular weight is 436 g/mol. The molecule has 4 rings (SSSR count). The van der Waals surface area contributed by atoms with Gasteiger partial charge in [-0.15, -0.1) is 0 Å². The van der Waals surface area contributed by atoms with E-state index >= 15 is 0 Å². The lowest BCUT2D eigenvalue weighted by atomic mass is 9.96. The van der Waals surface area contributed by atoms with E-state index in [0.29, 0.717) is 11.4 Å². The second-order valence-corrected chi connectivity index (χ2v) is 7.85. The van der Waals surface area contributed by atoms with Crippen molar-refractivity contribution in [1.29, 1.82) is 0 Å². The van der Waals surface area contributed by atoms with Crippen molar-refractivity contribution in [3.63, 3.8) is 0 Å². The largest absolute Gasteiger partial charge is 0.452 e. The Labute approximate surface area is 185 Å². The van der Waals surface area contributed by atoms with E-state index in [2.05, 4.69) is 5.32 Å². The number of anilines is 2. The molecule has 3 atom stereocenters. The summed E-state index contributed by atoms with van der Waals surface area (Å²) in [6.45, 7) is -0.337. The van der Waals surface area contributed by atoms with Gasteiger partial charge in [-0.2, -0.15) is 0 Å². The van der Waals surface area contributed by atoms with E-state index in [4.69, 9.17) is 10.5 Å². The minimum Gasteiger partial charge on any atom is -0.452 e. The van der Waals surface area contributed by atoms with Crippen LogP contribution in [0.3, 0.4) is 0 Å². The van der Waals surface area contributed by atoms with Crippen LogP contribution in [-0.4, -0.2) is 49.4 Å². The Morgan fingerprint density at radius 3 is 2.34 bits per heavy atom. The Bertz CT molecular complexity index is 1060. The van der Waals surface area contributed by atoms with Gasteiger partial charge in [0.2, 0.25) is 5.91 Å². The van der Waals surface area contributed by atoms with E-state index in [-0.39, 0.29) is 19.4 Å². The van der Waals surface area contributed by atoms with Crippen LogP contribution in [0.25, 0.3) is 0 Å².